The highest BCUT2D eigenvalue weighted by Crippen LogP contribution is 2.22. The standard InChI is InChI=1S/C17H21FN2O/c1-20(2)11-12-21-16-9-5-14(6-10-16)17(19)13-3-7-15(18)8-4-13/h3-10,17H,11-12,19H2,1-2H3. The number of halogens is 1. The van der Waals surface area contributed by atoms with Crippen LogP contribution >= 0.6 is 0 Å². The van der Waals surface area contributed by atoms with Crippen LogP contribution < -0.4 is 10.5 Å². The van der Waals surface area contributed by atoms with Crippen molar-refractivity contribution in [2.24, 2.45) is 5.73 Å². The zero-order valence-electron chi connectivity index (χ0n) is 12.4. The lowest BCUT2D eigenvalue weighted by Gasteiger charge is -2.14. The second-order valence-electron chi connectivity index (χ2n) is 5.25. The number of likely N-dealkylation sites (N-methyl/N-ethyl adjacent to an activating group) is 1. The Morgan fingerprint density at radius 2 is 1.52 bits per heavy atom. The summed E-state index contributed by atoms with van der Waals surface area (Å²) in [7, 11) is 4.02. The van der Waals surface area contributed by atoms with Gasteiger partial charge in [0.1, 0.15) is 18.2 Å². The van der Waals surface area contributed by atoms with Crippen molar-refractivity contribution in [1.29, 1.82) is 0 Å². The van der Waals surface area contributed by atoms with Gasteiger partial charge in [-0.15, -0.1) is 0 Å². The average Bonchev–Trinajstić information content (AvgIpc) is 2.48. The first kappa shape index (κ1) is 15.5. The Labute approximate surface area is 125 Å². The van der Waals surface area contributed by atoms with Crippen LogP contribution in [0.15, 0.2) is 48.5 Å². The van der Waals surface area contributed by atoms with Crippen LogP contribution in [0.1, 0.15) is 17.2 Å². The molecule has 2 aromatic carbocycles. The van der Waals surface area contributed by atoms with Gasteiger partial charge in [0, 0.05) is 6.54 Å². The molecule has 3 nitrogen and oxygen atoms in total. The van der Waals surface area contributed by atoms with E-state index in [1.165, 1.54) is 12.1 Å². The molecule has 112 valence electrons. The topological polar surface area (TPSA) is 38.5 Å². The normalized spacial score (nSPS) is 12.4. The number of nitrogens with two attached hydrogens (primary N) is 1. The summed E-state index contributed by atoms with van der Waals surface area (Å²) in [4.78, 5) is 2.07. The highest BCUT2D eigenvalue weighted by Gasteiger charge is 2.09. The molecular formula is C17H21FN2O. The number of nitrogens with zero attached hydrogens (tertiary/aromatic N) is 1. The van der Waals surface area contributed by atoms with E-state index in [0.29, 0.717) is 6.61 Å². The van der Waals surface area contributed by atoms with Crippen LogP contribution in [-0.2, 0) is 0 Å². The van der Waals surface area contributed by atoms with Gasteiger partial charge >= 0.3 is 0 Å². The third-order valence-electron chi connectivity index (χ3n) is 3.28. The van der Waals surface area contributed by atoms with Crippen LogP contribution in [0, 0.1) is 5.82 Å². The fraction of sp³-hybridized carbons (Fsp3) is 0.294. The van der Waals surface area contributed by atoms with Crippen LogP contribution in [-0.4, -0.2) is 32.1 Å². The molecule has 0 aliphatic heterocycles. The van der Waals surface area contributed by atoms with Crippen LogP contribution in [0.25, 0.3) is 0 Å². The number of ether oxygens (including phenoxy) is 1. The first-order valence-electron chi connectivity index (χ1n) is 6.95. The fourth-order valence-electron chi connectivity index (χ4n) is 1.98. The van der Waals surface area contributed by atoms with Gasteiger partial charge in [0.05, 0.1) is 6.04 Å². The number of hydrogen-bond acceptors (Lipinski definition) is 3. The van der Waals surface area contributed by atoms with Crippen molar-refractivity contribution in [3.8, 4) is 5.75 Å². The fourth-order valence-corrected chi connectivity index (χ4v) is 1.98. The molecule has 0 amide bonds. The van der Waals surface area contributed by atoms with E-state index in [2.05, 4.69) is 4.90 Å². The molecule has 4 heteroatoms. The van der Waals surface area contributed by atoms with Gasteiger partial charge in [0.15, 0.2) is 0 Å². The maximum absolute atomic E-state index is 12.9. The summed E-state index contributed by atoms with van der Waals surface area (Å²) in [6.07, 6.45) is 0. The van der Waals surface area contributed by atoms with Crippen molar-refractivity contribution in [3.05, 3.63) is 65.5 Å². The SMILES string of the molecule is CN(C)CCOc1ccc(C(N)c2ccc(F)cc2)cc1. The van der Waals surface area contributed by atoms with Gasteiger partial charge in [-0.05, 0) is 49.5 Å². The molecule has 0 bridgehead atoms. The number of benzene rings is 2. The van der Waals surface area contributed by atoms with E-state index in [1.54, 1.807) is 12.1 Å². The highest BCUT2D eigenvalue weighted by atomic mass is 19.1. The summed E-state index contributed by atoms with van der Waals surface area (Å²) in [5.41, 5.74) is 8.05. The molecule has 0 saturated carbocycles. The van der Waals surface area contributed by atoms with E-state index in [4.69, 9.17) is 10.5 Å². The largest absolute Gasteiger partial charge is 0.492 e. The maximum atomic E-state index is 12.9. The average molecular weight is 288 g/mol. The van der Waals surface area contributed by atoms with Crippen molar-refractivity contribution in [2.45, 2.75) is 6.04 Å². The molecule has 2 aromatic rings. The minimum absolute atomic E-state index is 0.254. The Balaban J connectivity index is 1.99. The minimum atomic E-state index is -0.263. The lowest BCUT2D eigenvalue weighted by molar-refractivity contribution is 0.261. The van der Waals surface area contributed by atoms with E-state index in [0.717, 1.165) is 23.4 Å². The Bertz CT molecular complexity index is 552. The van der Waals surface area contributed by atoms with Crippen molar-refractivity contribution in [1.82, 2.24) is 4.90 Å². The molecule has 2 rings (SSSR count). The van der Waals surface area contributed by atoms with Crippen molar-refractivity contribution in [2.75, 3.05) is 27.2 Å². The van der Waals surface area contributed by atoms with Gasteiger partial charge < -0.3 is 15.4 Å². The summed E-state index contributed by atoms with van der Waals surface area (Å²) in [6.45, 7) is 1.52. The quantitative estimate of drug-likeness (QED) is 0.888. The Hall–Kier alpha value is -1.91. The van der Waals surface area contributed by atoms with E-state index in [1.807, 2.05) is 38.4 Å². The number of hydrogen-bond donors (Lipinski definition) is 1. The summed E-state index contributed by atoms with van der Waals surface area (Å²) >= 11 is 0. The molecule has 2 N–H and O–H groups in total. The molecule has 1 unspecified atom stereocenters. The molecule has 0 radical (unpaired) electrons. The van der Waals surface area contributed by atoms with Gasteiger partial charge in [-0.1, -0.05) is 24.3 Å². The maximum Gasteiger partial charge on any atom is 0.123 e. The lowest BCUT2D eigenvalue weighted by Crippen LogP contribution is -2.19. The molecule has 0 spiro atoms. The third kappa shape index (κ3) is 4.55. The van der Waals surface area contributed by atoms with Crippen LogP contribution in [0.5, 0.6) is 5.75 Å². The Morgan fingerprint density at radius 1 is 1.00 bits per heavy atom. The summed E-state index contributed by atoms with van der Waals surface area (Å²) < 4.78 is 18.6. The molecule has 21 heavy (non-hydrogen) atoms. The molecule has 1 atom stereocenters. The van der Waals surface area contributed by atoms with E-state index in [-0.39, 0.29) is 11.9 Å². The van der Waals surface area contributed by atoms with Gasteiger partial charge in [-0.3, -0.25) is 0 Å². The molecule has 0 heterocycles. The second kappa shape index (κ2) is 7.20. The summed E-state index contributed by atoms with van der Waals surface area (Å²) in [6, 6.07) is 13.7. The Kier molecular flexibility index (Phi) is 5.31. The van der Waals surface area contributed by atoms with E-state index < -0.39 is 0 Å². The Morgan fingerprint density at radius 3 is 2.05 bits per heavy atom. The first-order chi connectivity index (χ1) is 10.1. The molecule has 0 aromatic heterocycles. The zero-order chi connectivity index (χ0) is 15.2. The van der Waals surface area contributed by atoms with Crippen molar-refractivity contribution >= 4 is 0 Å². The summed E-state index contributed by atoms with van der Waals surface area (Å²) in [5.74, 6) is 0.572. The van der Waals surface area contributed by atoms with Gasteiger partial charge in [0.25, 0.3) is 0 Å². The monoisotopic (exact) mass is 288 g/mol. The van der Waals surface area contributed by atoms with Crippen LogP contribution in [0.4, 0.5) is 4.39 Å². The first-order valence-corrected chi connectivity index (χ1v) is 6.95. The highest BCUT2D eigenvalue weighted by molar-refractivity contribution is 5.35. The molecular weight excluding hydrogens is 267 g/mol. The van der Waals surface area contributed by atoms with Gasteiger partial charge in [-0.2, -0.15) is 0 Å². The van der Waals surface area contributed by atoms with Gasteiger partial charge in [-0.25, -0.2) is 4.39 Å². The smallest absolute Gasteiger partial charge is 0.123 e. The van der Waals surface area contributed by atoms with Crippen LogP contribution in [0.2, 0.25) is 0 Å². The summed E-state index contributed by atoms with van der Waals surface area (Å²) in [5, 5.41) is 0. The molecule has 0 saturated heterocycles. The number of rotatable bonds is 6. The van der Waals surface area contributed by atoms with E-state index in [9.17, 15) is 4.39 Å². The molecule has 0 aliphatic carbocycles. The van der Waals surface area contributed by atoms with Gasteiger partial charge in [0.2, 0.25) is 0 Å². The molecule has 0 aliphatic rings. The van der Waals surface area contributed by atoms with Crippen LogP contribution in [0.3, 0.4) is 0 Å². The second-order valence-corrected chi connectivity index (χ2v) is 5.25. The van der Waals surface area contributed by atoms with Crippen molar-refractivity contribution in [3.63, 3.8) is 0 Å². The van der Waals surface area contributed by atoms with E-state index >= 15 is 0 Å². The lowest BCUT2D eigenvalue weighted by atomic mass is 10.00. The zero-order valence-corrected chi connectivity index (χ0v) is 12.4. The van der Waals surface area contributed by atoms with Crippen molar-refractivity contribution < 1.29 is 9.13 Å². The third-order valence-corrected chi connectivity index (χ3v) is 3.28. The molecule has 0 fully saturated rings. The predicted molar refractivity (Wildman–Crippen MR) is 82.9 cm³/mol. The minimum Gasteiger partial charge on any atom is -0.492 e. The predicted octanol–water partition coefficient (Wildman–Crippen LogP) is 2.81.